The van der Waals surface area contributed by atoms with E-state index in [4.69, 9.17) is 5.11 Å². The molecule has 0 radical (unpaired) electrons. The summed E-state index contributed by atoms with van der Waals surface area (Å²) < 4.78 is 0. The molecule has 0 saturated heterocycles. The Bertz CT molecular complexity index is 376. The monoisotopic (exact) mass is 319 g/mol. The molecule has 0 saturated carbocycles. The van der Waals surface area contributed by atoms with Crippen LogP contribution in [0.1, 0.15) is 20.3 Å². The molecule has 1 unspecified atom stereocenters. The van der Waals surface area contributed by atoms with Gasteiger partial charge in [0.05, 0.1) is 5.75 Å². The van der Waals surface area contributed by atoms with Crippen molar-refractivity contribution in [2.75, 3.05) is 18.1 Å². The van der Waals surface area contributed by atoms with E-state index in [0.717, 1.165) is 0 Å². The fraction of sp³-hybridized carbons (Fsp3) is 0.667. The second kappa shape index (κ2) is 11.0. The van der Waals surface area contributed by atoms with Crippen LogP contribution in [0.4, 0.5) is 4.79 Å². The molecule has 0 aliphatic heterocycles. The van der Waals surface area contributed by atoms with Crippen LogP contribution in [-0.2, 0) is 14.4 Å². The van der Waals surface area contributed by atoms with Crippen LogP contribution in [0.25, 0.3) is 0 Å². The molecule has 0 aromatic carbocycles. The number of urea groups is 1. The van der Waals surface area contributed by atoms with Crippen molar-refractivity contribution in [1.29, 1.82) is 0 Å². The Kier molecular flexibility index (Phi) is 10.0. The molecule has 0 spiro atoms. The maximum atomic E-state index is 11.4. The lowest BCUT2D eigenvalue weighted by Gasteiger charge is -2.10. The van der Waals surface area contributed by atoms with E-state index >= 15 is 0 Å². The standard InChI is InChI=1S/C12H21N3O5S/c1-8(2)5-13-12(20)15-10(17)6-21-4-3-9(11(18)19)14-7-16/h7-9H,3-6H2,1-2H3,(H,14,16)(H,18,19)(H2,13,15,17,20). The summed E-state index contributed by atoms with van der Waals surface area (Å²) in [5.74, 6) is -0.864. The summed E-state index contributed by atoms with van der Waals surface area (Å²) in [5, 5.41) is 15.7. The quantitative estimate of drug-likeness (QED) is 0.326. The lowest BCUT2D eigenvalue weighted by atomic mass is 10.2. The molecule has 4 amide bonds. The summed E-state index contributed by atoms with van der Waals surface area (Å²) in [6, 6.07) is -1.51. The Morgan fingerprint density at radius 1 is 1.29 bits per heavy atom. The van der Waals surface area contributed by atoms with Crippen molar-refractivity contribution in [2.45, 2.75) is 26.3 Å². The molecule has 0 fully saturated rings. The van der Waals surface area contributed by atoms with Crippen LogP contribution in [0.2, 0.25) is 0 Å². The number of amides is 4. The zero-order valence-electron chi connectivity index (χ0n) is 12.0. The Morgan fingerprint density at radius 3 is 2.48 bits per heavy atom. The lowest BCUT2D eigenvalue weighted by molar-refractivity contribution is -0.140. The number of carbonyl (C=O) groups excluding carboxylic acids is 3. The van der Waals surface area contributed by atoms with Crippen molar-refractivity contribution in [2.24, 2.45) is 5.92 Å². The van der Waals surface area contributed by atoms with Gasteiger partial charge in [-0.3, -0.25) is 14.9 Å². The van der Waals surface area contributed by atoms with Crippen LogP contribution in [0, 0.1) is 5.92 Å². The highest BCUT2D eigenvalue weighted by Gasteiger charge is 2.16. The Hall–Kier alpha value is -1.77. The van der Waals surface area contributed by atoms with Gasteiger partial charge in [0.1, 0.15) is 6.04 Å². The van der Waals surface area contributed by atoms with E-state index in [0.29, 0.717) is 24.6 Å². The molecule has 120 valence electrons. The number of hydrogen-bond acceptors (Lipinski definition) is 5. The minimum absolute atomic E-state index is 0.0442. The molecule has 1 atom stereocenters. The highest BCUT2D eigenvalue weighted by Crippen LogP contribution is 2.05. The average Bonchev–Trinajstić information content (AvgIpc) is 2.39. The highest BCUT2D eigenvalue weighted by atomic mass is 32.2. The molecule has 4 N–H and O–H groups in total. The number of carbonyl (C=O) groups is 4. The Morgan fingerprint density at radius 2 is 1.95 bits per heavy atom. The first-order chi connectivity index (χ1) is 9.86. The number of aliphatic carboxylic acids is 1. The molecule has 0 aliphatic rings. The highest BCUT2D eigenvalue weighted by molar-refractivity contribution is 7.99. The van der Waals surface area contributed by atoms with Gasteiger partial charge in [-0.1, -0.05) is 13.8 Å². The number of rotatable bonds is 10. The zero-order chi connectivity index (χ0) is 16.3. The Labute approximate surface area is 127 Å². The minimum Gasteiger partial charge on any atom is -0.480 e. The van der Waals surface area contributed by atoms with E-state index < -0.39 is 23.9 Å². The van der Waals surface area contributed by atoms with Crippen molar-refractivity contribution in [3.63, 3.8) is 0 Å². The zero-order valence-corrected chi connectivity index (χ0v) is 12.9. The molecule has 0 aromatic rings. The minimum atomic E-state index is -1.12. The van der Waals surface area contributed by atoms with Crippen LogP contribution in [0.5, 0.6) is 0 Å². The van der Waals surface area contributed by atoms with Crippen LogP contribution < -0.4 is 16.0 Å². The number of thioether (sulfide) groups is 1. The van der Waals surface area contributed by atoms with Crippen molar-refractivity contribution in [1.82, 2.24) is 16.0 Å². The van der Waals surface area contributed by atoms with Crippen molar-refractivity contribution >= 4 is 36.1 Å². The molecular formula is C12H21N3O5S. The predicted octanol–water partition coefficient (Wildman–Crippen LogP) is -0.209. The van der Waals surface area contributed by atoms with E-state index in [-0.39, 0.29) is 12.2 Å². The third kappa shape index (κ3) is 10.7. The number of nitrogens with one attached hydrogen (secondary N) is 3. The van der Waals surface area contributed by atoms with E-state index in [1.54, 1.807) is 0 Å². The topological polar surface area (TPSA) is 125 Å². The predicted molar refractivity (Wildman–Crippen MR) is 78.9 cm³/mol. The van der Waals surface area contributed by atoms with Crippen molar-refractivity contribution in [3.05, 3.63) is 0 Å². The summed E-state index contributed by atoms with van der Waals surface area (Å²) in [4.78, 5) is 43.6. The van der Waals surface area contributed by atoms with E-state index in [2.05, 4.69) is 16.0 Å². The molecule has 21 heavy (non-hydrogen) atoms. The summed E-state index contributed by atoms with van der Waals surface area (Å²) >= 11 is 1.19. The van der Waals surface area contributed by atoms with Gasteiger partial charge < -0.3 is 15.7 Å². The molecule has 0 aliphatic carbocycles. The number of carboxylic acids is 1. The number of imide groups is 1. The first kappa shape index (κ1) is 19.2. The van der Waals surface area contributed by atoms with Gasteiger partial charge in [0.25, 0.3) is 0 Å². The van der Waals surface area contributed by atoms with Crippen LogP contribution in [0.15, 0.2) is 0 Å². The second-order valence-electron chi connectivity index (χ2n) is 4.67. The van der Waals surface area contributed by atoms with Crippen LogP contribution in [-0.4, -0.2) is 53.5 Å². The fourth-order valence-corrected chi connectivity index (χ4v) is 2.03. The molecular weight excluding hydrogens is 298 g/mol. The van der Waals surface area contributed by atoms with Gasteiger partial charge in [-0.15, -0.1) is 0 Å². The Balaban J connectivity index is 3.81. The normalized spacial score (nSPS) is 11.6. The van der Waals surface area contributed by atoms with E-state index in [9.17, 15) is 19.2 Å². The SMILES string of the molecule is CC(C)CNC(=O)NC(=O)CSCCC(NC=O)C(=O)O. The molecule has 0 aromatic heterocycles. The van der Waals surface area contributed by atoms with E-state index in [1.165, 1.54) is 11.8 Å². The van der Waals surface area contributed by atoms with Gasteiger partial charge in [-0.05, 0) is 18.1 Å². The van der Waals surface area contributed by atoms with Crippen molar-refractivity contribution in [3.8, 4) is 0 Å². The summed E-state index contributed by atoms with van der Waals surface area (Å²) in [5.41, 5.74) is 0. The van der Waals surface area contributed by atoms with Gasteiger partial charge in [-0.2, -0.15) is 11.8 Å². The largest absolute Gasteiger partial charge is 0.480 e. The first-order valence-electron chi connectivity index (χ1n) is 6.44. The molecule has 0 bridgehead atoms. The third-order valence-corrected chi connectivity index (χ3v) is 3.27. The van der Waals surface area contributed by atoms with Gasteiger partial charge in [0.2, 0.25) is 12.3 Å². The average molecular weight is 319 g/mol. The maximum absolute atomic E-state index is 11.4. The lowest BCUT2D eigenvalue weighted by Crippen LogP contribution is -2.41. The molecule has 0 heterocycles. The number of hydrogen-bond donors (Lipinski definition) is 4. The summed E-state index contributed by atoms with van der Waals surface area (Å²) in [6.45, 7) is 4.35. The molecule has 0 rings (SSSR count). The second-order valence-corrected chi connectivity index (χ2v) is 5.77. The molecule has 9 heteroatoms. The first-order valence-corrected chi connectivity index (χ1v) is 7.60. The number of carboxylic acid groups (broad SMARTS) is 1. The third-order valence-electron chi connectivity index (χ3n) is 2.28. The van der Waals surface area contributed by atoms with Gasteiger partial charge in [0, 0.05) is 6.54 Å². The van der Waals surface area contributed by atoms with Crippen molar-refractivity contribution < 1.29 is 24.3 Å². The van der Waals surface area contributed by atoms with Crippen LogP contribution >= 0.6 is 11.8 Å². The molecule has 8 nitrogen and oxygen atoms in total. The summed E-state index contributed by atoms with van der Waals surface area (Å²) in [7, 11) is 0. The van der Waals surface area contributed by atoms with Crippen LogP contribution in [0.3, 0.4) is 0 Å². The fourth-order valence-electron chi connectivity index (χ4n) is 1.23. The van der Waals surface area contributed by atoms with E-state index in [1.807, 2.05) is 13.8 Å². The van der Waals surface area contributed by atoms with Gasteiger partial charge in [0.15, 0.2) is 0 Å². The van der Waals surface area contributed by atoms with Gasteiger partial charge in [-0.25, -0.2) is 9.59 Å². The maximum Gasteiger partial charge on any atom is 0.326 e. The summed E-state index contributed by atoms with van der Waals surface area (Å²) in [6.07, 6.45) is 0.529. The van der Waals surface area contributed by atoms with Gasteiger partial charge >= 0.3 is 12.0 Å². The smallest absolute Gasteiger partial charge is 0.326 e.